The van der Waals surface area contributed by atoms with Crippen LogP contribution < -0.4 is 4.87 Å². The molecule has 1 N–H and O–H groups in total. The van der Waals surface area contributed by atoms with Gasteiger partial charge < -0.3 is 10.0 Å². The van der Waals surface area contributed by atoms with Gasteiger partial charge >= 0.3 is 4.87 Å². The maximum atomic E-state index is 12.0. The van der Waals surface area contributed by atoms with E-state index in [-0.39, 0.29) is 23.9 Å². The Morgan fingerprint density at radius 3 is 2.59 bits per heavy atom. The minimum Gasteiger partial charge on any atom is -0.394 e. The molecule has 0 aromatic carbocycles. The van der Waals surface area contributed by atoms with E-state index in [0.717, 1.165) is 17.0 Å². The third-order valence-electron chi connectivity index (χ3n) is 2.94. The first-order valence-electron chi connectivity index (χ1n) is 5.32. The zero-order valence-corrected chi connectivity index (χ0v) is 11.4. The molecule has 0 radical (unpaired) electrons. The van der Waals surface area contributed by atoms with Crippen LogP contribution in [0.1, 0.15) is 19.5 Å². The molecule has 0 aliphatic rings. The topological polar surface area (TPSA) is 62.5 Å². The third-order valence-corrected chi connectivity index (χ3v) is 3.82. The van der Waals surface area contributed by atoms with Crippen molar-refractivity contribution < 1.29 is 9.90 Å². The number of thiazole rings is 1. The standard InChI is InChI=1S/C11H18N2O3S/c1-8-6-17-10(16)13(8)5-9(15)12(4)11(2,3)7-14/h6,14H,5,7H2,1-4H3. The summed E-state index contributed by atoms with van der Waals surface area (Å²) in [4.78, 5) is 24.8. The highest BCUT2D eigenvalue weighted by Crippen LogP contribution is 2.12. The van der Waals surface area contributed by atoms with Crippen LogP contribution in [0.3, 0.4) is 0 Å². The first-order chi connectivity index (χ1) is 7.79. The van der Waals surface area contributed by atoms with E-state index in [2.05, 4.69) is 0 Å². The van der Waals surface area contributed by atoms with E-state index in [9.17, 15) is 14.7 Å². The van der Waals surface area contributed by atoms with Crippen molar-refractivity contribution in [3.63, 3.8) is 0 Å². The predicted octanol–water partition coefficient (Wildman–Crippen LogP) is 0.448. The number of carbonyl (C=O) groups excluding carboxylic acids is 1. The van der Waals surface area contributed by atoms with Crippen molar-refractivity contribution in [1.82, 2.24) is 9.47 Å². The van der Waals surface area contributed by atoms with Gasteiger partial charge in [0.2, 0.25) is 5.91 Å². The lowest BCUT2D eigenvalue weighted by Gasteiger charge is -2.34. The minimum atomic E-state index is -0.620. The number of aromatic nitrogens is 1. The molecule has 6 heteroatoms. The number of rotatable bonds is 4. The first kappa shape index (κ1) is 13.9. The van der Waals surface area contributed by atoms with Gasteiger partial charge in [0.1, 0.15) is 6.54 Å². The molecule has 1 aromatic rings. The highest BCUT2D eigenvalue weighted by atomic mass is 32.1. The van der Waals surface area contributed by atoms with Crippen LogP contribution in [0.5, 0.6) is 0 Å². The molecular weight excluding hydrogens is 240 g/mol. The number of carbonyl (C=O) groups is 1. The molecule has 5 nitrogen and oxygen atoms in total. The first-order valence-corrected chi connectivity index (χ1v) is 6.20. The number of amides is 1. The van der Waals surface area contributed by atoms with Gasteiger partial charge in [-0.2, -0.15) is 0 Å². The highest BCUT2D eigenvalue weighted by molar-refractivity contribution is 7.07. The second-order valence-electron chi connectivity index (χ2n) is 4.65. The van der Waals surface area contributed by atoms with Crippen molar-refractivity contribution in [3.8, 4) is 0 Å². The van der Waals surface area contributed by atoms with Gasteiger partial charge in [0, 0.05) is 18.1 Å². The fraction of sp³-hybridized carbons (Fsp3) is 0.636. The van der Waals surface area contributed by atoms with E-state index in [1.54, 1.807) is 33.2 Å². The minimum absolute atomic E-state index is 0.0219. The summed E-state index contributed by atoms with van der Waals surface area (Å²) in [5.74, 6) is -0.187. The van der Waals surface area contributed by atoms with Crippen molar-refractivity contribution in [1.29, 1.82) is 0 Å². The molecule has 0 bridgehead atoms. The fourth-order valence-electron chi connectivity index (χ4n) is 1.28. The molecule has 1 heterocycles. The lowest BCUT2D eigenvalue weighted by atomic mass is 10.1. The average Bonchev–Trinajstić information content (AvgIpc) is 2.59. The van der Waals surface area contributed by atoms with Crippen molar-refractivity contribution in [2.75, 3.05) is 13.7 Å². The van der Waals surface area contributed by atoms with Crippen molar-refractivity contribution >= 4 is 17.2 Å². The summed E-state index contributed by atoms with van der Waals surface area (Å²) in [5, 5.41) is 10.9. The monoisotopic (exact) mass is 258 g/mol. The normalized spacial score (nSPS) is 11.6. The molecule has 0 fully saturated rings. The number of hydrogen-bond donors (Lipinski definition) is 1. The summed E-state index contributed by atoms with van der Waals surface area (Å²) in [6, 6.07) is 0. The molecule has 0 aliphatic heterocycles. The Bertz CT molecular complexity index is 462. The second-order valence-corrected chi connectivity index (χ2v) is 5.47. The Balaban J connectivity index is 2.84. The predicted molar refractivity (Wildman–Crippen MR) is 67.3 cm³/mol. The molecule has 1 amide bonds. The van der Waals surface area contributed by atoms with E-state index in [1.165, 1.54) is 9.47 Å². The molecule has 0 saturated heterocycles. The fourth-order valence-corrected chi connectivity index (χ4v) is 2.02. The summed E-state index contributed by atoms with van der Waals surface area (Å²) in [6.07, 6.45) is 0. The van der Waals surface area contributed by atoms with Crippen LogP contribution in [-0.4, -0.2) is 39.7 Å². The Morgan fingerprint density at radius 2 is 2.18 bits per heavy atom. The number of aliphatic hydroxyl groups is 1. The van der Waals surface area contributed by atoms with Gasteiger partial charge in [0.05, 0.1) is 12.1 Å². The zero-order chi connectivity index (χ0) is 13.2. The number of likely N-dealkylation sites (N-methyl/N-ethyl adjacent to an activating group) is 1. The van der Waals surface area contributed by atoms with Crippen LogP contribution in [-0.2, 0) is 11.3 Å². The molecule has 1 rings (SSSR count). The van der Waals surface area contributed by atoms with E-state index < -0.39 is 5.54 Å². The molecule has 1 aromatic heterocycles. The Kier molecular flexibility index (Phi) is 4.11. The SMILES string of the molecule is Cc1csc(=O)n1CC(=O)N(C)C(C)(C)CO. The second kappa shape index (κ2) is 5.01. The van der Waals surface area contributed by atoms with E-state index in [0.29, 0.717) is 0 Å². The summed E-state index contributed by atoms with van der Waals surface area (Å²) < 4.78 is 1.44. The smallest absolute Gasteiger partial charge is 0.307 e. The van der Waals surface area contributed by atoms with Gasteiger partial charge in [-0.05, 0) is 20.8 Å². The van der Waals surface area contributed by atoms with E-state index in [4.69, 9.17) is 0 Å². The Morgan fingerprint density at radius 1 is 1.59 bits per heavy atom. The number of nitrogens with zero attached hydrogens (tertiary/aromatic N) is 2. The van der Waals surface area contributed by atoms with Crippen LogP contribution >= 0.6 is 11.3 Å². The Hall–Kier alpha value is -1.14. The molecule has 0 spiro atoms. The molecule has 17 heavy (non-hydrogen) atoms. The van der Waals surface area contributed by atoms with Crippen LogP contribution in [0.15, 0.2) is 10.2 Å². The number of aryl methyl sites for hydroxylation is 1. The maximum absolute atomic E-state index is 12.0. The summed E-state index contributed by atoms with van der Waals surface area (Å²) in [6.45, 7) is 5.24. The van der Waals surface area contributed by atoms with Crippen molar-refractivity contribution in [2.24, 2.45) is 0 Å². The molecule has 0 aliphatic carbocycles. The van der Waals surface area contributed by atoms with Gasteiger partial charge in [-0.15, -0.1) is 0 Å². The highest BCUT2D eigenvalue weighted by Gasteiger charge is 2.27. The summed E-state index contributed by atoms with van der Waals surface area (Å²) >= 11 is 1.09. The average molecular weight is 258 g/mol. The number of hydrogen-bond acceptors (Lipinski definition) is 4. The van der Waals surface area contributed by atoms with E-state index in [1.807, 2.05) is 0 Å². The third kappa shape index (κ3) is 2.95. The lowest BCUT2D eigenvalue weighted by Crippen LogP contribution is -2.49. The van der Waals surface area contributed by atoms with E-state index >= 15 is 0 Å². The van der Waals surface area contributed by atoms with Gasteiger partial charge in [-0.1, -0.05) is 11.3 Å². The lowest BCUT2D eigenvalue weighted by molar-refractivity contribution is -0.136. The largest absolute Gasteiger partial charge is 0.394 e. The van der Waals surface area contributed by atoms with Gasteiger partial charge in [0.25, 0.3) is 0 Å². The molecular formula is C11H18N2O3S. The molecule has 0 atom stereocenters. The molecule has 0 saturated carbocycles. The van der Waals surface area contributed by atoms with Gasteiger partial charge in [-0.3, -0.25) is 14.2 Å². The summed E-state index contributed by atoms with van der Waals surface area (Å²) in [5.41, 5.74) is 0.161. The van der Waals surface area contributed by atoms with Crippen LogP contribution in [0.25, 0.3) is 0 Å². The summed E-state index contributed by atoms with van der Waals surface area (Å²) in [7, 11) is 1.63. The zero-order valence-electron chi connectivity index (χ0n) is 10.6. The molecule has 96 valence electrons. The van der Waals surface area contributed by atoms with Crippen LogP contribution in [0.2, 0.25) is 0 Å². The number of aliphatic hydroxyl groups excluding tert-OH is 1. The van der Waals surface area contributed by atoms with Crippen LogP contribution in [0, 0.1) is 6.92 Å². The van der Waals surface area contributed by atoms with Gasteiger partial charge in [-0.25, -0.2) is 0 Å². The maximum Gasteiger partial charge on any atom is 0.307 e. The Labute approximate surface area is 104 Å². The van der Waals surface area contributed by atoms with Gasteiger partial charge in [0.15, 0.2) is 0 Å². The molecule has 0 unspecified atom stereocenters. The quantitative estimate of drug-likeness (QED) is 0.853. The van der Waals surface area contributed by atoms with Crippen molar-refractivity contribution in [3.05, 3.63) is 20.7 Å². The van der Waals surface area contributed by atoms with Crippen LogP contribution in [0.4, 0.5) is 0 Å². The van der Waals surface area contributed by atoms with Crippen molar-refractivity contribution in [2.45, 2.75) is 32.9 Å².